The highest BCUT2D eigenvalue weighted by Gasteiger charge is 2.34. The molecule has 0 aliphatic carbocycles. The first-order valence-electron chi connectivity index (χ1n) is 8.38. The van der Waals surface area contributed by atoms with Crippen LogP contribution in [0.25, 0.3) is 0 Å². The van der Waals surface area contributed by atoms with E-state index in [9.17, 15) is 4.79 Å². The maximum atomic E-state index is 12.8. The van der Waals surface area contributed by atoms with Gasteiger partial charge < -0.3 is 18.8 Å². The van der Waals surface area contributed by atoms with Crippen molar-refractivity contribution in [3.05, 3.63) is 23.7 Å². The topological polar surface area (TPSA) is 51.9 Å². The summed E-state index contributed by atoms with van der Waals surface area (Å²) in [5.74, 6) is 1.92. The first kappa shape index (κ1) is 15.6. The molecule has 0 aromatic carbocycles. The van der Waals surface area contributed by atoms with Crippen LogP contribution in [0.3, 0.4) is 0 Å². The second-order valence-corrected chi connectivity index (χ2v) is 5.99. The van der Waals surface area contributed by atoms with Gasteiger partial charge in [-0.3, -0.25) is 4.79 Å². The van der Waals surface area contributed by atoms with Crippen molar-refractivity contribution in [2.24, 2.45) is 0 Å². The monoisotopic (exact) mass is 307 g/mol. The Morgan fingerprint density at radius 3 is 2.91 bits per heavy atom. The summed E-state index contributed by atoms with van der Waals surface area (Å²) in [4.78, 5) is 14.8. The van der Waals surface area contributed by atoms with E-state index < -0.39 is 6.10 Å². The molecule has 0 N–H and O–H groups in total. The lowest BCUT2D eigenvalue weighted by atomic mass is 10.1. The van der Waals surface area contributed by atoms with Crippen LogP contribution in [0.1, 0.15) is 50.2 Å². The molecular formula is C17H25NO4. The zero-order valence-electron chi connectivity index (χ0n) is 13.3. The molecule has 2 aliphatic heterocycles. The van der Waals surface area contributed by atoms with Gasteiger partial charge >= 0.3 is 0 Å². The number of ether oxygens (including phenoxy) is 2. The van der Waals surface area contributed by atoms with Crippen LogP contribution in [0.15, 0.2) is 16.5 Å². The van der Waals surface area contributed by atoms with Crippen LogP contribution >= 0.6 is 0 Å². The highest BCUT2D eigenvalue weighted by atomic mass is 16.6. The third-order valence-electron chi connectivity index (χ3n) is 4.49. The van der Waals surface area contributed by atoms with E-state index >= 15 is 0 Å². The smallest absolute Gasteiger partial charge is 0.254 e. The van der Waals surface area contributed by atoms with Gasteiger partial charge in [0.15, 0.2) is 6.10 Å². The zero-order chi connectivity index (χ0) is 15.4. The average molecular weight is 307 g/mol. The lowest BCUT2D eigenvalue weighted by molar-refractivity contribution is -0.160. The molecule has 0 spiro atoms. The third kappa shape index (κ3) is 3.36. The molecule has 5 heteroatoms. The van der Waals surface area contributed by atoms with Gasteiger partial charge in [0.1, 0.15) is 11.5 Å². The average Bonchev–Trinajstić information content (AvgIpc) is 2.92. The van der Waals surface area contributed by atoms with Gasteiger partial charge in [0.05, 0.1) is 25.9 Å². The summed E-state index contributed by atoms with van der Waals surface area (Å²) in [6.07, 6.45) is 4.69. The molecule has 0 bridgehead atoms. The number of carbonyl (C=O) groups is 1. The molecule has 122 valence electrons. The molecule has 2 fully saturated rings. The molecule has 1 aromatic heterocycles. The van der Waals surface area contributed by atoms with Crippen LogP contribution in [-0.2, 0) is 20.7 Å². The van der Waals surface area contributed by atoms with Crippen molar-refractivity contribution < 1.29 is 18.7 Å². The largest absolute Gasteiger partial charge is 0.464 e. The van der Waals surface area contributed by atoms with E-state index in [2.05, 4.69) is 6.92 Å². The second kappa shape index (κ2) is 7.29. The van der Waals surface area contributed by atoms with Crippen LogP contribution in [-0.4, -0.2) is 43.3 Å². The summed E-state index contributed by atoms with van der Waals surface area (Å²) in [5, 5.41) is 0. The van der Waals surface area contributed by atoms with E-state index in [1.807, 2.05) is 17.0 Å². The molecular weight excluding hydrogens is 282 g/mol. The lowest BCUT2D eigenvalue weighted by Gasteiger charge is -2.33. The number of amides is 1. The maximum Gasteiger partial charge on any atom is 0.254 e. The minimum atomic E-state index is -0.463. The molecule has 0 radical (unpaired) electrons. The number of hydrogen-bond acceptors (Lipinski definition) is 4. The Bertz CT molecular complexity index is 493. The van der Waals surface area contributed by atoms with Gasteiger partial charge in [-0.15, -0.1) is 0 Å². The van der Waals surface area contributed by atoms with Gasteiger partial charge in [-0.2, -0.15) is 0 Å². The van der Waals surface area contributed by atoms with Gasteiger partial charge in [-0.05, 0) is 25.0 Å². The fraction of sp³-hybridized carbons (Fsp3) is 0.706. The summed E-state index contributed by atoms with van der Waals surface area (Å²) < 4.78 is 16.9. The third-order valence-corrected chi connectivity index (χ3v) is 4.49. The molecule has 0 unspecified atom stereocenters. The minimum Gasteiger partial charge on any atom is -0.464 e. The molecule has 22 heavy (non-hydrogen) atoms. The summed E-state index contributed by atoms with van der Waals surface area (Å²) >= 11 is 0. The molecule has 3 rings (SSSR count). The molecule has 0 saturated carbocycles. The summed E-state index contributed by atoms with van der Waals surface area (Å²) in [6, 6.07) is 4.07. The van der Waals surface area contributed by atoms with Crippen LogP contribution in [0.4, 0.5) is 0 Å². The predicted octanol–water partition coefficient (Wildman–Crippen LogP) is 2.70. The van der Waals surface area contributed by atoms with Crippen LogP contribution in [0, 0.1) is 0 Å². The standard InChI is InChI=1S/C17H25NO4/c1-2-13-7-8-15(22-13)14-6-4-3-5-9-18(14)17(19)16-12-20-10-11-21-16/h7-8,14,16H,2-6,9-12H2,1H3/t14-,16+/m0/s1. The fourth-order valence-electron chi connectivity index (χ4n) is 3.25. The molecule has 2 atom stereocenters. The van der Waals surface area contributed by atoms with Gasteiger partial charge in [-0.1, -0.05) is 19.8 Å². The van der Waals surface area contributed by atoms with E-state index in [0.717, 1.165) is 50.2 Å². The van der Waals surface area contributed by atoms with Crippen LogP contribution in [0.5, 0.6) is 0 Å². The van der Waals surface area contributed by atoms with E-state index in [0.29, 0.717) is 19.8 Å². The Balaban J connectivity index is 1.79. The lowest BCUT2D eigenvalue weighted by Crippen LogP contribution is -2.46. The molecule has 3 heterocycles. The molecule has 2 saturated heterocycles. The predicted molar refractivity (Wildman–Crippen MR) is 81.6 cm³/mol. The Morgan fingerprint density at radius 2 is 2.18 bits per heavy atom. The van der Waals surface area contributed by atoms with Crippen molar-refractivity contribution in [3.8, 4) is 0 Å². The highest BCUT2D eigenvalue weighted by molar-refractivity contribution is 5.81. The SMILES string of the molecule is CCc1ccc([C@@H]2CCCCCN2C(=O)[C@H]2COCCO2)o1. The minimum absolute atomic E-state index is 0.0285. The second-order valence-electron chi connectivity index (χ2n) is 5.99. The van der Waals surface area contributed by atoms with Crippen molar-refractivity contribution >= 4 is 5.91 Å². The van der Waals surface area contributed by atoms with E-state index in [4.69, 9.17) is 13.9 Å². The number of aryl methyl sites for hydroxylation is 1. The zero-order valence-corrected chi connectivity index (χ0v) is 13.3. The van der Waals surface area contributed by atoms with Crippen molar-refractivity contribution in [3.63, 3.8) is 0 Å². The Hall–Kier alpha value is -1.33. The summed E-state index contributed by atoms with van der Waals surface area (Å²) in [7, 11) is 0. The molecule has 5 nitrogen and oxygen atoms in total. The maximum absolute atomic E-state index is 12.8. The van der Waals surface area contributed by atoms with Crippen molar-refractivity contribution in [1.29, 1.82) is 0 Å². The van der Waals surface area contributed by atoms with E-state index in [1.54, 1.807) is 0 Å². The van der Waals surface area contributed by atoms with Crippen molar-refractivity contribution in [2.75, 3.05) is 26.4 Å². The van der Waals surface area contributed by atoms with Gasteiger partial charge in [0.25, 0.3) is 5.91 Å². The number of rotatable bonds is 3. The molecule has 1 amide bonds. The number of likely N-dealkylation sites (tertiary alicyclic amines) is 1. The van der Waals surface area contributed by atoms with E-state index in [-0.39, 0.29) is 11.9 Å². The normalized spacial score (nSPS) is 26.7. The highest BCUT2D eigenvalue weighted by Crippen LogP contribution is 2.32. The van der Waals surface area contributed by atoms with Gasteiger partial charge in [0.2, 0.25) is 0 Å². The Labute approximate surface area is 131 Å². The molecule has 1 aromatic rings. The number of carbonyl (C=O) groups excluding carboxylic acids is 1. The van der Waals surface area contributed by atoms with Gasteiger partial charge in [0, 0.05) is 13.0 Å². The quantitative estimate of drug-likeness (QED) is 0.861. The van der Waals surface area contributed by atoms with Crippen LogP contribution < -0.4 is 0 Å². The number of furan rings is 1. The number of hydrogen-bond donors (Lipinski definition) is 0. The van der Waals surface area contributed by atoms with Crippen LogP contribution in [0.2, 0.25) is 0 Å². The number of nitrogens with zero attached hydrogens (tertiary/aromatic N) is 1. The van der Waals surface area contributed by atoms with E-state index in [1.165, 1.54) is 0 Å². The van der Waals surface area contributed by atoms with Gasteiger partial charge in [-0.25, -0.2) is 0 Å². The Morgan fingerprint density at radius 1 is 1.27 bits per heavy atom. The molecule has 2 aliphatic rings. The summed E-state index contributed by atoms with van der Waals surface area (Å²) in [5.41, 5.74) is 0. The first-order valence-corrected chi connectivity index (χ1v) is 8.38. The Kier molecular flexibility index (Phi) is 5.16. The first-order chi connectivity index (χ1) is 10.8. The van der Waals surface area contributed by atoms with Crippen molar-refractivity contribution in [2.45, 2.75) is 51.2 Å². The fourth-order valence-corrected chi connectivity index (χ4v) is 3.25. The van der Waals surface area contributed by atoms with Crippen molar-refractivity contribution in [1.82, 2.24) is 4.90 Å². The summed E-state index contributed by atoms with van der Waals surface area (Å²) in [6.45, 7) is 4.28.